The van der Waals surface area contributed by atoms with Gasteiger partial charge >= 0.3 is 0 Å². The van der Waals surface area contributed by atoms with Crippen molar-refractivity contribution >= 4 is 23.1 Å². The van der Waals surface area contributed by atoms with Crippen LogP contribution in [0.25, 0.3) is 5.57 Å². The van der Waals surface area contributed by atoms with Crippen LogP contribution in [0.15, 0.2) is 84.6 Å². The summed E-state index contributed by atoms with van der Waals surface area (Å²) >= 11 is 0. The monoisotopic (exact) mass is 456 g/mol. The Morgan fingerprint density at radius 3 is 2.12 bits per heavy atom. The van der Waals surface area contributed by atoms with E-state index in [1.807, 2.05) is 80.4 Å². The van der Waals surface area contributed by atoms with E-state index in [0.29, 0.717) is 53.8 Å². The standard InChI is InChI=1S/C28H28N2O4/c1-4-33-23-16-14-21(15-17-23)25-26(29(3)19-20-10-7-6-8-11-20)28(32)30(27(25)31)22-12-9-13-24(18-22)34-5-2/h6-18H,4-5,19H2,1-3H3. The molecule has 2 amide bonds. The fourth-order valence-electron chi connectivity index (χ4n) is 4.07. The minimum Gasteiger partial charge on any atom is -0.494 e. The highest BCUT2D eigenvalue weighted by Crippen LogP contribution is 2.36. The number of nitrogens with zero attached hydrogens (tertiary/aromatic N) is 2. The molecule has 0 fully saturated rings. The van der Waals surface area contributed by atoms with Crippen molar-refractivity contribution < 1.29 is 19.1 Å². The topological polar surface area (TPSA) is 59.1 Å². The molecular weight excluding hydrogens is 428 g/mol. The van der Waals surface area contributed by atoms with Gasteiger partial charge < -0.3 is 14.4 Å². The van der Waals surface area contributed by atoms with Gasteiger partial charge in [-0.1, -0.05) is 48.5 Å². The Balaban J connectivity index is 1.76. The first-order valence-corrected chi connectivity index (χ1v) is 11.4. The predicted octanol–water partition coefficient (Wildman–Crippen LogP) is 4.90. The van der Waals surface area contributed by atoms with E-state index >= 15 is 0 Å². The summed E-state index contributed by atoms with van der Waals surface area (Å²) in [4.78, 5) is 30.5. The lowest BCUT2D eigenvalue weighted by atomic mass is 10.0. The summed E-state index contributed by atoms with van der Waals surface area (Å²) in [6.07, 6.45) is 0. The van der Waals surface area contributed by atoms with Crippen LogP contribution < -0.4 is 14.4 Å². The molecule has 6 heteroatoms. The number of hydrogen-bond donors (Lipinski definition) is 0. The number of carbonyl (C=O) groups excluding carboxylic acids is 2. The third kappa shape index (κ3) is 4.66. The van der Waals surface area contributed by atoms with Gasteiger partial charge in [0.05, 0.1) is 24.5 Å². The number of benzene rings is 3. The Labute approximate surface area is 200 Å². The smallest absolute Gasteiger partial charge is 0.282 e. The summed E-state index contributed by atoms with van der Waals surface area (Å²) < 4.78 is 11.1. The molecule has 1 heterocycles. The van der Waals surface area contributed by atoms with Crippen LogP contribution in [0.5, 0.6) is 11.5 Å². The minimum absolute atomic E-state index is 0.360. The van der Waals surface area contributed by atoms with Crippen molar-refractivity contribution in [2.24, 2.45) is 0 Å². The maximum atomic E-state index is 13.7. The molecule has 1 aliphatic heterocycles. The molecule has 1 aliphatic rings. The van der Waals surface area contributed by atoms with Gasteiger partial charge in [0.15, 0.2) is 0 Å². The lowest BCUT2D eigenvalue weighted by molar-refractivity contribution is -0.120. The van der Waals surface area contributed by atoms with Crippen LogP contribution in [0.3, 0.4) is 0 Å². The molecular formula is C28H28N2O4. The summed E-state index contributed by atoms with van der Waals surface area (Å²) in [5.74, 6) is 0.595. The quantitative estimate of drug-likeness (QED) is 0.429. The highest BCUT2D eigenvalue weighted by atomic mass is 16.5. The van der Waals surface area contributed by atoms with Crippen molar-refractivity contribution in [3.63, 3.8) is 0 Å². The first kappa shape index (κ1) is 23.1. The SMILES string of the molecule is CCOc1ccc(C2=C(N(C)Cc3ccccc3)C(=O)N(c3cccc(OCC)c3)C2=O)cc1. The summed E-state index contributed by atoms with van der Waals surface area (Å²) in [5, 5.41) is 0. The maximum absolute atomic E-state index is 13.7. The fourth-order valence-corrected chi connectivity index (χ4v) is 4.07. The molecule has 0 unspecified atom stereocenters. The van der Waals surface area contributed by atoms with Gasteiger partial charge in [-0.15, -0.1) is 0 Å². The zero-order chi connectivity index (χ0) is 24.1. The molecule has 0 aliphatic carbocycles. The molecule has 0 saturated carbocycles. The fraction of sp³-hybridized carbons (Fsp3) is 0.214. The molecule has 34 heavy (non-hydrogen) atoms. The second kappa shape index (κ2) is 10.3. The Morgan fingerprint density at radius 1 is 0.765 bits per heavy atom. The van der Waals surface area contributed by atoms with Crippen molar-refractivity contribution in [1.82, 2.24) is 4.90 Å². The molecule has 0 spiro atoms. The van der Waals surface area contributed by atoms with Crippen LogP contribution in [-0.4, -0.2) is 37.0 Å². The summed E-state index contributed by atoms with van der Waals surface area (Å²) in [7, 11) is 1.84. The molecule has 0 bridgehead atoms. The van der Waals surface area contributed by atoms with E-state index in [1.54, 1.807) is 24.3 Å². The van der Waals surface area contributed by atoms with Gasteiger partial charge in [0.25, 0.3) is 11.8 Å². The molecule has 0 atom stereocenters. The highest BCUT2D eigenvalue weighted by Gasteiger charge is 2.41. The Morgan fingerprint density at radius 2 is 1.44 bits per heavy atom. The highest BCUT2D eigenvalue weighted by molar-refractivity contribution is 6.45. The van der Waals surface area contributed by atoms with E-state index in [4.69, 9.17) is 9.47 Å². The number of anilines is 1. The van der Waals surface area contributed by atoms with Crippen molar-refractivity contribution in [2.75, 3.05) is 25.2 Å². The van der Waals surface area contributed by atoms with Gasteiger partial charge in [-0.25, -0.2) is 4.90 Å². The molecule has 6 nitrogen and oxygen atoms in total. The summed E-state index contributed by atoms with van der Waals surface area (Å²) in [6.45, 7) is 5.34. The number of amides is 2. The van der Waals surface area contributed by atoms with E-state index in [0.717, 1.165) is 5.56 Å². The lowest BCUT2D eigenvalue weighted by Gasteiger charge is -2.22. The normalized spacial score (nSPS) is 13.4. The summed E-state index contributed by atoms with van der Waals surface area (Å²) in [6, 6.07) is 24.2. The molecule has 0 radical (unpaired) electrons. The van der Waals surface area contributed by atoms with Crippen LogP contribution in [-0.2, 0) is 16.1 Å². The average Bonchev–Trinajstić information content (AvgIpc) is 3.11. The van der Waals surface area contributed by atoms with Gasteiger partial charge in [0.1, 0.15) is 17.2 Å². The zero-order valence-electron chi connectivity index (χ0n) is 19.7. The molecule has 0 aromatic heterocycles. The molecule has 4 rings (SSSR count). The molecule has 0 N–H and O–H groups in total. The van der Waals surface area contributed by atoms with Gasteiger partial charge in [0, 0.05) is 19.7 Å². The van der Waals surface area contributed by atoms with Crippen LogP contribution >= 0.6 is 0 Å². The molecule has 3 aromatic rings. The average molecular weight is 457 g/mol. The van der Waals surface area contributed by atoms with Crippen molar-refractivity contribution in [2.45, 2.75) is 20.4 Å². The Hall–Kier alpha value is -4.06. The molecule has 0 saturated heterocycles. The molecule has 3 aromatic carbocycles. The maximum Gasteiger partial charge on any atom is 0.282 e. The van der Waals surface area contributed by atoms with Crippen molar-refractivity contribution in [3.8, 4) is 11.5 Å². The largest absolute Gasteiger partial charge is 0.494 e. The van der Waals surface area contributed by atoms with Crippen molar-refractivity contribution in [1.29, 1.82) is 0 Å². The van der Waals surface area contributed by atoms with Crippen LogP contribution in [0.2, 0.25) is 0 Å². The number of rotatable bonds is 9. The third-order valence-electron chi connectivity index (χ3n) is 5.54. The van der Waals surface area contributed by atoms with E-state index in [1.165, 1.54) is 4.90 Å². The van der Waals surface area contributed by atoms with Gasteiger partial charge in [-0.05, 0) is 49.2 Å². The van der Waals surface area contributed by atoms with Crippen LogP contribution in [0.1, 0.15) is 25.0 Å². The van der Waals surface area contributed by atoms with E-state index in [2.05, 4.69) is 0 Å². The number of ether oxygens (including phenoxy) is 2. The van der Waals surface area contributed by atoms with Crippen LogP contribution in [0, 0.1) is 0 Å². The number of imide groups is 1. The predicted molar refractivity (Wildman–Crippen MR) is 133 cm³/mol. The Bertz CT molecular complexity index is 1200. The summed E-state index contributed by atoms with van der Waals surface area (Å²) in [5.41, 5.74) is 2.92. The van der Waals surface area contributed by atoms with Gasteiger partial charge in [-0.3, -0.25) is 9.59 Å². The second-order valence-corrected chi connectivity index (χ2v) is 7.90. The van der Waals surface area contributed by atoms with Crippen molar-refractivity contribution in [3.05, 3.63) is 95.7 Å². The van der Waals surface area contributed by atoms with Gasteiger partial charge in [0.2, 0.25) is 0 Å². The number of carbonyl (C=O) groups is 2. The Kier molecular flexibility index (Phi) is 6.97. The number of likely N-dealkylation sites (N-methyl/N-ethyl adjacent to an activating group) is 1. The number of hydrogen-bond acceptors (Lipinski definition) is 5. The first-order chi connectivity index (χ1) is 16.5. The second-order valence-electron chi connectivity index (χ2n) is 7.90. The van der Waals surface area contributed by atoms with Gasteiger partial charge in [-0.2, -0.15) is 0 Å². The molecule has 174 valence electrons. The zero-order valence-corrected chi connectivity index (χ0v) is 19.7. The van der Waals surface area contributed by atoms with Crippen LogP contribution in [0.4, 0.5) is 5.69 Å². The lowest BCUT2D eigenvalue weighted by Crippen LogP contribution is -2.34. The minimum atomic E-state index is -0.363. The van der Waals surface area contributed by atoms with E-state index in [-0.39, 0.29) is 11.8 Å². The first-order valence-electron chi connectivity index (χ1n) is 11.4. The third-order valence-corrected chi connectivity index (χ3v) is 5.54. The van der Waals surface area contributed by atoms with E-state index < -0.39 is 0 Å². The van der Waals surface area contributed by atoms with E-state index in [9.17, 15) is 9.59 Å².